The number of rotatable bonds is 7. The minimum absolute atomic E-state index is 0.382. The van der Waals surface area contributed by atoms with Gasteiger partial charge in [-0.2, -0.15) is 0 Å². The second-order valence-electron chi connectivity index (χ2n) is 5.39. The maximum Gasteiger partial charge on any atom is 0.0462 e. The summed E-state index contributed by atoms with van der Waals surface area (Å²) in [5.74, 6) is 1.33. The third-order valence-electron chi connectivity index (χ3n) is 4.17. The van der Waals surface area contributed by atoms with Crippen molar-refractivity contribution in [2.45, 2.75) is 64.8 Å². The average Bonchev–Trinajstić information content (AvgIpc) is 2.35. The van der Waals surface area contributed by atoms with Crippen molar-refractivity contribution in [3.63, 3.8) is 0 Å². The number of hydrogen-bond donors (Lipinski definition) is 2. The molecule has 0 bridgehead atoms. The molecule has 0 aromatic carbocycles. The van der Waals surface area contributed by atoms with E-state index in [-0.39, 0.29) is 0 Å². The number of aliphatic hydroxyl groups excluding tert-OH is 1. The minimum Gasteiger partial charge on any atom is -0.396 e. The summed E-state index contributed by atoms with van der Waals surface area (Å²) in [6.07, 6.45) is 9.17. The first-order valence-corrected chi connectivity index (χ1v) is 7.12. The number of hydrogen-bond acceptors (Lipinski definition) is 2. The van der Waals surface area contributed by atoms with Crippen LogP contribution in [0.1, 0.15) is 58.8 Å². The number of nitrogens with one attached hydrogen (secondary N) is 1. The van der Waals surface area contributed by atoms with Gasteiger partial charge in [0.2, 0.25) is 0 Å². The first kappa shape index (κ1) is 14.0. The van der Waals surface area contributed by atoms with Gasteiger partial charge in [-0.25, -0.2) is 0 Å². The Bertz CT molecular complexity index is 166. The van der Waals surface area contributed by atoms with Gasteiger partial charge in [-0.05, 0) is 38.1 Å². The molecule has 2 atom stereocenters. The fourth-order valence-corrected chi connectivity index (χ4v) is 2.74. The van der Waals surface area contributed by atoms with Crippen LogP contribution in [0, 0.1) is 11.8 Å². The van der Waals surface area contributed by atoms with Crippen molar-refractivity contribution in [3.05, 3.63) is 0 Å². The van der Waals surface area contributed by atoms with Crippen molar-refractivity contribution in [3.8, 4) is 0 Å². The van der Waals surface area contributed by atoms with Crippen molar-refractivity contribution in [1.29, 1.82) is 0 Å². The lowest BCUT2D eigenvalue weighted by Crippen LogP contribution is -2.30. The molecule has 96 valence electrons. The SMILES string of the molecule is CCC(C)NCCC(CO)C1CCCCC1. The predicted octanol–water partition coefficient (Wildman–Crippen LogP) is 2.95. The van der Waals surface area contributed by atoms with Gasteiger partial charge in [-0.1, -0.05) is 39.0 Å². The summed E-state index contributed by atoms with van der Waals surface area (Å²) in [7, 11) is 0. The van der Waals surface area contributed by atoms with E-state index in [1.165, 1.54) is 38.5 Å². The first-order chi connectivity index (χ1) is 7.77. The monoisotopic (exact) mass is 227 g/mol. The maximum atomic E-state index is 9.47. The Kier molecular flexibility index (Phi) is 7.06. The van der Waals surface area contributed by atoms with Gasteiger partial charge in [0, 0.05) is 12.6 Å². The van der Waals surface area contributed by atoms with Crippen molar-refractivity contribution in [2.24, 2.45) is 11.8 Å². The fourth-order valence-electron chi connectivity index (χ4n) is 2.74. The highest BCUT2D eigenvalue weighted by molar-refractivity contribution is 4.74. The number of aliphatic hydroxyl groups is 1. The van der Waals surface area contributed by atoms with Crippen LogP contribution in [0.4, 0.5) is 0 Å². The van der Waals surface area contributed by atoms with E-state index in [9.17, 15) is 5.11 Å². The Morgan fingerprint density at radius 1 is 1.25 bits per heavy atom. The lowest BCUT2D eigenvalue weighted by molar-refractivity contribution is 0.139. The molecule has 1 saturated carbocycles. The Balaban J connectivity index is 2.19. The van der Waals surface area contributed by atoms with Crippen LogP contribution >= 0.6 is 0 Å². The van der Waals surface area contributed by atoms with E-state index in [4.69, 9.17) is 0 Å². The van der Waals surface area contributed by atoms with Crippen LogP contribution in [0.3, 0.4) is 0 Å². The summed E-state index contributed by atoms with van der Waals surface area (Å²) in [6.45, 7) is 5.89. The molecule has 0 amide bonds. The largest absolute Gasteiger partial charge is 0.396 e. The average molecular weight is 227 g/mol. The van der Waals surface area contributed by atoms with Crippen molar-refractivity contribution in [2.75, 3.05) is 13.2 Å². The van der Waals surface area contributed by atoms with Crippen LogP contribution in [-0.4, -0.2) is 24.3 Å². The summed E-state index contributed by atoms with van der Waals surface area (Å²) >= 11 is 0. The van der Waals surface area contributed by atoms with E-state index in [1.807, 2.05) is 0 Å². The highest BCUT2D eigenvalue weighted by Crippen LogP contribution is 2.31. The standard InChI is InChI=1S/C14H29NO/c1-3-12(2)15-10-9-14(11-16)13-7-5-4-6-8-13/h12-16H,3-11H2,1-2H3. The first-order valence-electron chi connectivity index (χ1n) is 7.12. The molecule has 2 unspecified atom stereocenters. The van der Waals surface area contributed by atoms with Crippen molar-refractivity contribution < 1.29 is 5.11 Å². The molecule has 1 aliphatic carbocycles. The Morgan fingerprint density at radius 2 is 1.94 bits per heavy atom. The lowest BCUT2D eigenvalue weighted by atomic mass is 9.79. The van der Waals surface area contributed by atoms with Crippen LogP contribution in [0.15, 0.2) is 0 Å². The van der Waals surface area contributed by atoms with Crippen LogP contribution in [0.2, 0.25) is 0 Å². The van der Waals surface area contributed by atoms with E-state index in [2.05, 4.69) is 19.2 Å². The molecular weight excluding hydrogens is 198 g/mol. The Labute approximate surface area is 101 Å². The molecule has 0 heterocycles. The molecule has 2 heteroatoms. The Hall–Kier alpha value is -0.0800. The van der Waals surface area contributed by atoms with Crippen LogP contribution < -0.4 is 5.32 Å². The van der Waals surface area contributed by atoms with Gasteiger partial charge in [-0.3, -0.25) is 0 Å². The zero-order valence-electron chi connectivity index (χ0n) is 11.0. The maximum absolute atomic E-state index is 9.47. The van der Waals surface area contributed by atoms with E-state index >= 15 is 0 Å². The lowest BCUT2D eigenvalue weighted by Gasteiger charge is -2.29. The minimum atomic E-state index is 0.382. The van der Waals surface area contributed by atoms with E-state index < -0.39 is 0 Å². The molecule has 1 fully saturated rings. The molecule has 0 aromatic rings. The quantitative estimate of drug-likeness (QED) is 0.701. The van der Waals surface area contributed by atoms with Gasteiger partial charge >= 0.3 is 0 Å². The third kappa shape index (κ3) is 4.84. The van der Waals surface area contributed by atoms with Crippen molar-refractivity contribution >= 4 is 0 Å². The molecule has 1 aliphatic rings. The molecule has 16 heavy (non-hydrogen) atoms. The molecule has 1 rings (SSSR count). The third-order valence-corrected chi connectivity index (χ3v) is 4.17. The van der Waals surface area contributed by atoms with Crippen LogP contribution in [0.25, 0.3) is 0 Å². The van der Waals surface area contributed by atoms with Gasteiger partial charge in [0.05, 0.1) is 0 Å². The summed E-state index contributed by atoms with van der Waals surface area (Å²) in [5, 5.41) is 13.0. The summed E-state index contributed by atoms with van der Waals surface area (Å²) < 4.78 is 0. The van der Waals surface area contributed by atoms with Crippen molar-refractivity contribution in [1.82, 2.24) is 5.32 Å². The van der Waals surface area contributed by atoms with E-state index in [1.54, 1.807) is 0 Å². The molecule has 0 spiro atoms. The second kappa shape index (κ2) is 8.08. The highest BCUT2D eigenvalue weighted by atomic mass is 16.3. The van der Waals surface area contributed by atoms with Gasteiger partial charge in [0.1, 0.15) is 0 Å². The predicted molar refractivity (Wildman–Crippen MR) is 69.5 cm³/mol. The summed E-state index contributed by atoms with van der Waals surface area (Å²) in [4.78, 5) is 0. The molecule has 2 nitrogen and oxygen atoms in total. The molecule has 0 aromatic heterocycles. The summed E-state index contributed by atoms with van der Waals surface area (Å²) in [5.41, 5.74) is 0. The van der Waals surface area contributed by atoms with E-state index in [0.29, 0.717) is 18.6 Å². The Morgan fingerprint density at radius 3 is 2.50 bits per heavy atom. The zero-order chi connectivity index (χ0) is 11.8. The topological polar surface area (TPSA) is 32.3 Å². The van der Waals surface area contributed by atoms with Gasteiger partial charge < -0.3 is 10.4 Å². The normalized spacial score (nSPS) is 21.9. The zero-order valence-corrected chi connectivity index (χ0v) is 11.0. The van der Waals surface area contributed by atoms with Gasteiger partial charge in [0.15, 0.2) is 0 Å². The smallest absolute Gasteiger partial charge is 0.0462 e. The van der Waals surface area contributed by atoms with Crippen LogP contribution in [-0.2, 0) is 0 Å². The second-order valence-corrected chi connectivity index (χ2v) is 5.39. The van der Waals surface area contributed by atoms with E-state index in [0.717, 1.165) is 18.9 Å². The molecule has 0 radical (unpaired) electrons. The van der Waals surface area contributed by atoms with Gasteiger partial charge in [0.25, 0.3) is 0 Å². The van der Waals surface area contributed by atoms with Crippen LogP contribution in [0.5, 0.6) is 0 Å². The molecule has 0 saturated heterocycles. The summed E-state index contributed by atoms with van der Waals surface area (Å²) in [6, 6.07) is 0.616. The molecular formula is C14H29NO. The molecule has 2 N–H and O–H groups in total. The van der Waals surface area contributed by atoms with Gasteiger partial charge in [-0.15, -0.1) is 0 Å². The molecule has 0 aliphatic heterocycles. The highest BCUT2D eigenvalue weighted by Gasteiger charge is 2.22. The fraction of sp³-hybridized carbons (Fsp3) is 1.00.